The van der Waals surface area contributed by atoms with Gasteiger partial charge in [0.05, 0.1) is 23.4 Å². The summed E-state index contributed by atoms with van der Waals surface area (Å²) in [4.78, 5) is 19.9. The minimum atomic E-state index is -0.259. The molecule has 9 heteroatoms. The van der Waals surface area contributed by atoms with Crippen LogP contribution in [0.5, 0.6) is 23.0 Å². The molecule has 4 aromatic carbocycles. The van der Waals surface area contributed by atoms with E-state index in [0.717, 1.165) is 52.1 Å². The van der Waals surface area contributed by atoms with Gasteiger partial charge in [-0.25, -0.2) is 4.99 Å². The predicted octanol–water partition coefficient (Wildman–Crippen LogP) is 6.29. The average molecular weight is 635 g/mol. The van der Waals surface area contributed by atoms with Crippen LogP contribution < -0.4 is 33.8 Å². The highest BCUT2D eigenvalue weighted by molar-refractivity contribution is 7.07. The number of halogens is 1. The van der Waals surface area contributed by atoms with Gasteiger partial charge in [-0.05, 0) is 83.1 Å². The van der Waals surface area contributed by atoms with Crippen LogP contribution in [0.15, 0.2) is 100 Å². The molecule has 1 aromatic heterocycles. The van der Waals surface area contributed by atoms with Crippen molar-refractivity contribution in [2.75, 3.05) is 13.9 Å². The molecule has 0 radical (unpaired) electrons. The molecule has 0 N–H and O–H groups in total. The molecule has 3 heterocycles. The molecule has 0 fully saturated rings. The number of allylic oxidation sites excluding steroid dienone is 1. The summed E-state index contributed by atoms with van der Waals surface area (Å²) in [5.74, 6) is 2.62. The van der Waals surface area contributed by atoms with E-state index in [2.05, 4.69) is 18.2 Å². The van der Waals surface area contributed by atoms with Gasteiger partial charge in [0.2, 0.25) is 6.79 Å². The summed E-state index contributed by atoms with van der Waals surface area (Å²) in [6.07, 6.45) is 3.63. The third kappa shape index (κ3) is 5.00. The summed E-state index contributed by atoms with van der Waals surface area (Å²) in [6, 6.07) is 27.3. The Balaban J connectivity index is 1.17. The van der Waals surface area contributed by atoms with Crippen molar-refractivity contribution < 1.29 is 18.9 Å². The number of hydrogen-bond donors (Lipinski definition) is 0. The molecule has 1 aliphatic carbocycles. The van der Waals surface area contributed by atoms with Gasteiger partial charge in [-0.15, -0.1) is 0 Å². The fourth-order valence-corrected chi connectivity index (χ4v) is 7.33. The van der Waals surface area contributed by atoms with E-state index in [4.69, 9.17) is 35.5 Å². The Hall–Kier alpha value is -4.79. The molecule has 0 bridgehead atoms. The largest absolute Gasteiger partial charge is 0.493 e. The fourth-order valence-electron chi connectivity index (χ4n) is 6.20. The number of aryl methyl sites for hydroxylation is 1. The van der Waals surface area contributed by atoms with Gasteiger partial charge in [0, 0.05) is 10.6 Å². The normalized spacial score (nSPS) is 16.5. The summed E-state index contributed by atoms with van der Waals surface area (Å²) < 4.78 is 25.1. The Kier molecular flexibility index (Phi) is 6.96. The molecule has 0 amide bonds. The zero-order valence-corrected chi connectivity index (χ0v) is 25.9. The van der Waals surface area contributed by atoms with Crippen molar-refractivity contribution in [1.82, 2.24) is 4.57 Å². The summed E-state index contributed by atoms with van der Waals surface area (Å²) in [6.45, 7) is 0.564. The summed E-state index contributed by atoms with van der Waals surface area (Å²) in [5, 5.41) is 0.659. The Bertz CT molecular complexity index is 2180. The van der Waals surface area contributed by atoms with Crippen LogP contribution in [0.25, 0.3) is 11.8 Å². The van der Waals surface area contributed by atoms with Crippen LogP contribution in [0, 0.1) is 0 Å². The van der Waals surface area contributed by atoms with Gasteiger partial charge < -0.3 is 18.9 Å². The van der Waals surface area contributed by atoms with E-state index >= 15 is 0 Å². The smallest absolute Gasteiger partial charge is 0.271 e. The lowest BCUT2D eigenvalue weighted by Gasteiger charge is -2.30. The molecule has 1 atom stereocenters. The Morgan fingerprint density at radius 1 is 0.978 bits per heavy atom. The van der Waals surface area contributed by atoms with Gasteiger partial charge in [0.15, 0.2) is 27.8 Å². The fraction of sp³-hybridized carbons (Fsp3) is 0.167. The summed E-state index contributed by atoms with van der Waals surface area (Å²) in [5.41, 5.74) is 7.25. The van der Waals surface area contributed by atoms with Gasteiger partial charge in [-0.1, -0.05) is 71.5 Å². The molecule has 0 spiro atoms. The van der Waals surface area contributed by atoms with Gasteiger partial charge >= 0.3 is 0 Å². The van der Waals surface area contributed by atoms with Gasteiger partial charge in [-0.2, -0.15) is 0 Å². The second-order valence-electron chi connectivity index (χ2n) is 11.1. The predicted molar refractivity (Wildman–Crippen MR) is 174 cm³/mol. The molecule has 0 unspecified atom stereocenters. The standard InChI is InChI=1S/C36H27ClN2O5S/c1-41-30-16-21(6-14-28(30)42-19-22-7-15-29-31(17-22)44-20-43-29)18-32-35(40)39-34(24-8-11-25(37)12-9-24)27-13-10-23-4-2-3-5-26(23)33(27)38-36(39)45-32/h2-9,11-12,14-18,34H,10,13,19-20H2,1H3/b32-18+/t34-/m1/s1. The lowest BCUT2D eigenvalue weighted by atomic mass is 9.83. The molecule has 0 saturated carbocycles. The summed E-state index contributed by atoms with van der Waals surface area (Å²) >= 11 is 7.65. The molecule has 2 aliphatic heterocycles. The minimum Gasteiger partial charge on any atom is -0.493 e. The molecular weight excluding hydrogens is 608 g/mol. The first kappa shape index (κ1) is 27.7. The van der Waals surface area contributed by atoms with E-state index < -0.39 is 0 Å². The van der Waals surface area contributed by atoms with E-state index in [-0.39, 0.29) is 18.4 Å². The van der Waals surface area contributed by atoms with Crippen molar-refractivity contribution in [3.8, 4) is 23.0 Å². The maximum atomic E-state index is 14.1. The van der Waals surface area contributed by atoms with Crippen LogP contribution in [0.3, 0.4) is 0 Å². The van der Waals surface area contributed by atoms with E-state index in [1.807, 2.05) is 77.4 Å². The monoisotopic (exact) mass is 634 g/mol. The van der Waals surface area contributed by atoms with Crippen molar-refractivity contribution in [2.24, 2.45) is 4.99 Å². The van der Waals surface area contributed by atoms with Crippen LogP contribution >= 0.6 is 22.9 Å². The first-order valence-electron chi connectivity index (χ1n) is 14.6. The SMILES string of the molecule is COc1cc(/C=c2/sc3n(c2=O)[C@H](c2ccc(Cl)cc2)C2=C(N=3)c3ccccc3CC2)ccc1OCc1ccc2c(c1)OCO2. The van der Waals surface area contributed by atoms with Crippen LogP contribution in [0.1, 0.15) is 40.3 Å². The topological polar surface area (TPSA) is 71.3 Å². The van der Waals surface area contributed by atoms with Gasteiger partial charge in [0.25, 0.3) is 5.56 Å². The van der Waals surface area contributed by atoms with E-state index in [1.54, 1.807) is 7.11 Å². The lowest BCUT2D eigenvalue weighted by molar-refractivity contribution is 0.174. The Morgan fingerprint density at radius 3 is 2.69 bits per heavy atom. The second-order valence-corrected chi connectivity index (χ2v) is 12.5. The quantitative estimate of drug-likeness (QED) is 0.220. The number of rotatable bonds is 6. The average Bonchev–Trinajstić information content (AvgIpc) is 3.67. The molecule has 0 saturated heterocycles. The first-order chi connectivity index (χ1) is 22.1. The number of ether oxygens (including phenoxy) is 4. The maximum Gasteiger partial charge on any atom is 0.271 e. The number of methoxy groups -OCH3 is 1. The highest BCUT2D eigenvalue weighted by atomic mass is 35.5. The van der Waals surface area contributed by atoms with Crippen LogP contribution in [-0.2, 0) is 13.0 Å². The highest BCUT2D eigenvalue weighted by Crippen LogP contribution is 2.41. The third-order valence-electron chi connectivity index (χ3n) is 8.38. The Labute approximate surface area is 267 Å². The number of fused-ring (bicyclic) bond motifs is 4. The van der Waals surface area contributed by atoms with Gasteiger partial charge in [-0.3, -0.25) is 9.36 Å². The number of thiazole rings is 1. The number of hydrogen-bond acceptors (Lipinski definition) is 7. The van der Waals surface area contributed by atoms with Crippen LogP contribution in [0.4, 0.5) is 0 Å². The number of aromatic nitrogens is 1. The zero-order valence-electron chi connectivity index (χ0n) is 24.3. The molecular formula is C36H27ClN2O5S. The Morgan fingerprint density at radius 2 is 1.82 bits per heavy atom. The number of nitrogens with zero attached hydrogens (tertiary/aromatic N) is 2. The second kappa shape index (κ2) is 11.3. The van der Waals surface area contributed by atoms with Crippen molar-refractivity contribution in [3.05, 3.63) is 143 Å². The molecule has 45 heavy (non-hydrogen) atoms. The van der Waals surface area contributed by atoms with E-state index in [9.17, 15) is 4.79 Å². The highest BCUT2D eigenvalue weighted by Gasteiger charge is 2.32. The number of benzene rings is 4. The van der Waals surface area contributed by atoms with Crippen molar-refractivity contribution in [3.63, 3.8) is 0 Å². The third-order valence-corrected chi connectivity index (χ3v) is 9.61. The zero-order chi connectivity index (χ0) is 30.5. The lowest BCUT2D eigenvalue weighted by Crippen LogP contribution is -2.38. The van der Waals surface area contributed by atoms with Crippen LogP contribution in [0.2, 0.25) is 5.02 Å². The molecule has 3 aliphatic rings. The molecule has 8 rings (SSSR count). The van der Waals surface area contributed by atoms with Crippen molar-refractivity contribution >= 4 is 34.7 Å². The molecule has 7 nitrogen and oxygen atoms in total. The summed E-state index contributed by atoms with van der Waals surface area (Å²) in [7, 11) is 1.61. The van der Waals surface area contributed by atoms with E-state index in [1.165, 1.54) is 16.9 Å². The van der Waals surface area contributed by atoms with Crippen molar-refractivity contribution in [2.45, 2.75) is 25.5 Å². The van der Waals surface area contributed by atoms with E-state index in [0.29, 0.717) is 38.2 Å². The maximum absolute atomic E-state index is 14.1. The molecule has 5 aromatic rings. The van der Waals surface area contributed by atoms with Crippen LogP contribution in [-0.4, -0.2) is 18.5 Å². The first-order valence-corrected chi connectivity index (χ1v) is 15.8. The van der Waals surface area contributed by atoms with Gasteiger partial charge in [0.1, 0.15) is 6.61 Å². The van der Waals surface area contributed by atoms with Crippen molar-refractivity contribution in [1.29, 1.82) is 0 Å². The minimum absolute atomic E-state index is 0.0776. The molecule has 224 valence electrons.